The van der Waals surface area contributed by atoms with Crippen molar-refractivity contribution in [2.24, 2.45) is 5.92 Å². The van der Waals surface area contributed by atoms with Gasteiger partial charge in [0.2, 0.25) is 0 Å². The molecule has 0 amide bonds. The normalized spacial score (nSPS) is 12.4. The molecule has 1 N–H and O–H groups in total. The summed E-state index contributed by atoms with van der Waals surface area (Å²) in [5.74, 6) is 1.55. The monoisotopic (exact) mass is 221 g/mol. The first-order chi connectivity index (χ1) is 7.74. The minimum atomic E-state index is 0.547. The van der Waals surface area contributed by atoms with Crippen molar-refractivity contribution in [1.82, 2.24) is 5.32 Å². The van der Waals surface area contributed by atoms with Crippen LogP contribution in [0.3, 0.4) is 0 Å². The standard InChI is InChI=1S/C14H23NO/c1-4-9-15-10-12(2)11-16-14-8-6-5-7-13(14)3/h5-8,12,15H,4,9-11H2,1-3H3. The molecule has 0 aliphatic carbocycles. The fourth-order valence-corrected chi connectivity index (χ4v) is 1.53. The second-order valence-corrected chi connectivity index (χ2v) is 4.39. The second kappa shape index (κ2) is 7.29. The first kappa shape index (κ1) is 13.0. The molecular weight excluding hydrogens is 198 g/mol. The van der Waals surface area contributed by atoms with Gasteiger partial charge in [-0.3, -0.25) is 0 Å². The third-order valence-corrected chi connectivity index (χ3v) is 2.54. The van der Waals surface area contributed by atoms with Gasteiger partial charge in [0, 0.05) is 12.5 Å². The van der Waals surface area contributed by atoms with Crippen LogP contribution in [0.1, 0.15) is 25.8 Å². The topological polar surface area (TPSA) is 21.3 Å². The van der Waals surface area contributed by atoms with Crippen LogP contribution < -0.4 is 10.1 Å². The highest BCUT2D eigenvalue weighted by atomic mass is 16.5. The molecule has 0 saturated carbocycles. The fourth-order valence-electron chi connectivity index (χ4n) is 1.53. The fraction of sp³-hybridized carbons (Fsp3) is 0.571. The molecule has 0 aromatic heterocycles. The van der Waals surface area contributed by atoms with Gasteiger partial charge in [0.05, 0.1) is 6.61 Å². The van der Waals surface area contributed by atoms with Crippen molar-refractivity contribution in [2.45, 2.75) is 27.2 Å². The molecule has 0 saturated heterocycles. The molecule has 1 rings (SSSR count). The van der Waals surface area contributed by atoms with Gasteiger partial charge in [0.15, 0.2) is 0 Å². The van der Waals surface area contributed by atoms with Crippen molar-refractivity contribution in [3.8, 4) is 5.75 Å². The van der Waals surface area contributed by atoms with Crippen LogP contribution in [-0.2, 0) is 0 Å². The lowest BCUT2D eigenvalue weighted by Crippen LogP contribution is -2.25. The number of ether oxygens (including phenoxy) is 1. The van der Waals surface area contributed by atoms with Gasteiger partial charge in [0.1, 0.15) is 5.75 Å². The van der Waals surface area contributed by atoms with Gasteiger partial charge in [-0.05, 0) is 31.5 Å². The molecule has 2 heteroatoms. The molecule has 0 fully saturated rings. The molecule has 0 aliphatic rings. The molecule has 1 atom stereocenters. The molecule has 0 heterocycles. The summed E-state index contributed by atoms with van der Waals surface area (Å²) in [4.78, 5) is 0. The summed E-state index contributed by atoms with van der Waals surface area (Å²) in [6, 6.07) is 8.16. The molecule has 0 aliphatic heterocycles. The van der Waals surface area contributed by atoms with Crippen LogP contribution in [0.4, 0.5) is 0 Å². The Kier molecular flexibility index (Phi) is 5.94. The summed E-state index contributed by atoms with van der Waals surface area (Å²) < 4.78 is 5.79. The Labute approximate surface area is 99.0 Å². The van der Waals surface area contributed by atoms with E-state index in [-0.39, 0.29) is 0 Å². The zero-order valence-electron chi connectivity index (χ0n) is 10.6. The summed E-state index contributed by atoms with van der Waals surface area (Å²) in [5, 5.41) is 3.41. The number of hydrogen-bond donors (Lipinski definition) is 1. The lowest BCUT2D eigenvalue weighted by Gasteiger charge is -2.14. The molecule has 1 aromatic carbocycles. The average Bonchev–Trinajstić information content (AvgIpc) is 2.28. The van der Waals surface area contributed by atoms with Gasteiger partial charge in [-0.2, -0.15) is 0 Å². The van der Waals surface area contributed by atoms with Crippen LogP contribution in [0, 0.1) is 12.8 Å². The van der Waals surface area contributed by atoms with Crippen LogP contribution in [0.15, 0.2) is 24.3 Å². The van der Waals surface area contributed by atoms with Crippen LogP contribution >= 0.6 is 0 Å². The van der Waals surface area contributed by atoms with Crippen LogP contribution in [0.25, 0.3) is 0 Å². The SMILES string of the molecule is CCCNCC(C)COc1ccccc1C. The maximum absolute atomic E-state index is 5.79. The van der Waals surface area contributed by atoms with E-state index in [4.69, 9.17) is 4.74 Å². The zero-order chi connectivity index (χ0) is 11.8. The van der Waals surface area contributed by atoms with Crippen molar-refractivity contribution in [3.05, 3.63) is 29.8 Å². The Balaban J connectivity index is 2.26. The third-order valence-electron chi connectivity index (χ3n) is 2.54. The molecule has 0 spiro atoms. The molecule has 1 unspecified atom stereocenters. The van der Waals surface area contributed by atoms with E-state index in [1.54, 1.807) is 0 Å². The lowest BCUT2D eigenvalue weighted by atomic mass is 10.2. The van der Waals surface area contributed by atoms with Gasteiger partial charge in [-0.15, -0.1) is 0 Å². The highest BCUT2D eigenvalue weighted by molar-refractivity contribution is 5.31. The van der Waals surface area contributed by atoms with Crippen molar-refractivity contribution in [2.75, 3.05) is 19.7 Å². The largest absolute Gasteiger partial charge is 0.493 e. The molecule has 1 aromatic rings. The highest BCUT2D eigenvalue weighted by Gasteiger charge is 2.03. The summed E-state index contributed by atoms with van der Waals surface area (Å²) in [7, 11) is 0. The van der Waals surface area contributed by atoms with E-state index in [1.807, 2.05) is 18.2 Å². The quantitative estimate of drug-likeness (QED) is 0.715. The Hall–Kier alpha value is -1.02. The first-order valence-corrected chi connectivity index (χ1v) is 6.13. The van der Waals surface area contributed by atoms with Crippen molar-refractivity contribution < 1.29 is 4.74 Å². The van der Waals surface area contributed by atoms with Gasteiger partial charge in [0.25, 0.3) is 0 Å². The summed E-state index contributed by atoms with van der Waals surface area (Å²) in [5.41, 5.74) is 1.20. The second-order valence-electron chi connectivity index (χ2n) is 4.39. The molecule has 0 radical (unpaired) electrons. The number of hydrogen-bond acceptors (Lipinski definition) is 2. The molecule has 90 valence electrons. The zero-order valence-corrected chi connectivity index (χ0v) is 10.6. The molecular formula is C14H23NO. The Morgan fingerprint density at radius 1 is 1.31 bits per heavy atom. The van der Waals surface area contributed by atoms with E-state index in [1.165, 1.54) is 12.0 Å². The third kappa shape index (κ3) is 4.67. The van der Waals surface area contributed by atoms with Gasteiger partial charge >= 0.3 is 0 Å². The van der Waals surface area contributed by atoms with E-state index in [0.717, 1.165) is 25.4 Å². The predicted molar refractivity (Wildman–Crippen MR) is 69.0 cm³/mol. The average molecular weight is 221 g/mol. The lowest BCUT2D eigenvalue weighted by molar-refractivity contribution is 0.254. The number of nitrogens with one attached hydrogen (secondary N) is 1. The van der Waals surface area contributed by atoms with Crippen molar-refractivity contribution >= 4 is 0 Å². The number of para-hydroxylation sites is 1. The smallest absolute Gasteiger partial charge is 0.122 e. The van der Waals surface area contributed by atoms with E-state index in [2.05, 4.69) is 32.2 Å². The number of aryl methyl sites for hydroxylation is 1. The predicted octanol–water partition coefficient (Wildman–Crippen LogP) is 3.01. The summed E-state index contributed by atoms with van der Waals surface area (Å²) in [6.45, 7) is 9.37. The number of benzene rings is 1. The van der Waals surface area contributed by atoms with Gasteiger partial charge < -0.3 is 10.1 Å². The molecule has 0 bridgehead atoms. The highest BCUT2D eigenvalue weighted by Crippen LogP contribution is 2.16. The first-order valence-electron chi connectivity index (χ1n) is 6.13. The van der Waals surface area contributed by atoms with Crippen molar-refractivity contribution in [1.29, 1.82) is 0 Å². The van der Waals surface area contributed by atoms with E-state index >= 15 is 0 Å². The minimum Gasteiger partial charge on any atom is -0.493 e. The summed E-state index contributed by atoms with van der Waals surface area (Å²) in [6.07, 6.45) is 1.19. The van der Waals surface area contributed by atoms with E-state index < -0.39 is 0 Å². The minimum absolute atomic E-state index is 0.547. The van der Waals surface area contributed by atoms with Crippen LogP contribution in [0.2, 0.25) is 0 Å². The van der Waals surface area contributed by atoms with E-state index in [0.29, 0.717) is 5.92 Å². The van der Waals surface area contributed by atoms with Crippen LogP contribution in [-0.4, -0.2) is 19.7 Å². The Bertz CT molecular complexity index is 299. The number of rotatable bonds is 7. The van der Waals surface area contributed by atoms with Gasteiger partial charge in [-0.1, -0.05) is 32.0 Å². The van der Waals surface area contributed by atoms with E-state index in [9.17, 15) is 0 Å². The van der Waals surface area contributed by atoms with Crippen LogP contribution in [0.5, 0.6) is 5.75 Å². The Morgan fingerprint density at radius 2 is 2.06 bits per heavy atom. The Morgan fingerprint density at radius 3 is 2.75 bits per heavy atom. The maximum atomic E-state index is 5.79. The summed E-state index contributed by atoms with van der Waals surface area (Å²) >= 11 is 0. The molecule has 16 heavy (non-hydrogen) atoms. The molecule has 2 nitrogen and oxygen atoms in total. The maximum Gasteiger partial charge on any atom is 0.122 e. The van der Waals surface area contributed by atoms with Gasteiger partial charge in [-0.25, -0.2) is 0 Å². The van der Waals surface area contributed by atoms with Crippen molar-refractivity contribution in [3.63, 3.8) is 0 Å².